The third-order valence-corrected chi connectivity index (χ3v) is 2.40. The zero-order valence-corrected chi connectivity index (χ0v) is 10.6. The van der Waals surface area contributed by atoms with Crippen molar-refractivity contribution >= 4 is 11.6 Å². The molecule has 0 saturated carbocycles. The molecule has 1 amide bonds. The third kappa shape index (κ3) is 3.60. The van der Waals surface area contributed by atoms with Gasteiger partial charge in [-0.15, -0.1) is 0 Å². The summed E-state index contributed by atoms with van der Waals surface area (Å²) in [5, 5.41) is 8.66. The van der Waals surface area contributed by atoms with Crippen LogP contribution in [-0.4, -0.2) is 12.5 Å². The molecule has 1 aromatic carbocycles. The van der Waals surface area contributed by atoms with Gasteiger partial charge in [-0.3, -0.25) is 4.79 Å². The van der Waals surface area contributed by atoms with Gasteiger partial charge in [-0.25, -0.2) is 0 Å². The van der Waals surface area contributed by atoms with Crippen LogP contribution >= 0.6 is 0 Å². The maximum atomic E-state index is 12.3. The molecule has 0 spiro atoms. The van der Waals surface area contributed by atoms with Crippen LogP contribution in [0.2, 0.25) is 0 Å². The van der Waals surface area contributed by atoms with Crippen LogP contribution < -0.4 is 4.90 Å². The van der Waals surface area contributed by atoms with Gasteiger partial charge in [0.15, 0.2) is 0 Å². The zero-order valence-electron chi connectivity index (χ0n) is 10.6. The summed E-state index contributed by atoms with van der Waals surface area (Å²) in [6, 6.07) is 11.6. The highest BCUT2D eigenvalue weighted by Gasteiger charge is 2.27. The predicted molar refractivity (Wildman–Crippen MR) is 68.5 cm³/mol. The number of rotatable bonds is 3. The van der Waals surface area contributed by atoms with Crippen molar-refractivity contribution in [1.82, 2.24) is 0 Å². The lowest BCUT2D eigenvalue weighted by molar-refractivity contribution is -0.125. The van der Waals surface area contributed by atoms with Gasteiger partial charge >= 0.3 is 0 Å². The normalized spacial score (nSPS) is 10.7. The molecule has 3 nitrogen and oxygen atoms in total. The predicted octanol–water partition coefficient (Wildman–Crippen LogP) is 2.98. The summed E-state index contributed by atoms with van der Waals surface area (Å²) in [6.45, 7) is 6.10. The Balaban J connectivity index is 2.97. The van der Waals surface area contributed by atoms with Crippen molar-refractivity contribution in [3.63, 3.8) is 0 Å². The summed E-state index contributed by atoms with van der Waals surface area (Å²) in [5.41, 5.74) is 0.411. The molecule has 0 aliphatic carbocycles. The molecule has 0 fully saturated rings. The summed E-state index contributed by atoms with van der Waals surface area (Å²) in [6.07, 6.45) is 0.344. The number of benzene rings is 1. The van der Waals surface area contributed by atoms with Crippen LogP contribution in [0.1, 0.15) is 27.2 Å². The number of carbonyl (C=O) groups is 1. The number of nitriles is 1. The molecule has 0 aromatic heterocycles. The molecular weight excluding hydrogens is 212 g/mol. The minimum absolute atomic E-state index is 0.0407. The van der Waals surface area contributed by atoms with Gasteiger partial charge < -0.3 is 4.90 Å². The highest BCUT2D eigenvalue weighted by atomic mass is 16.2. The molecule has 17 heavy (non-hydrogen) atoms. The second-order valence-corrected chi connectivity index (χ2v) is 4.95. The maximum Gasteiger partial charge on any atom is 0.232 e. The zero-order chi connectivity index (χ0) is 12.9. The first-order chi connectivity index (χ1) is 7.96. The second kappa shape index (κ2) is 5.49. The van der Waals surface area contributed by atoms with Gasteiger partial charge in [0.1, 0.15) is 0 Å². The first-order valence-corrected chi connectivity index (χ1v) is 5.71. The molecule has 0 unspecified atom stereocenters. The fraction of sp³-hybridized carbons (Fsp3) is 0.429. The Bertz CT molecular complexity index is 412. The van der Waals surface area contributed by atoms with E-state index in [-0.39, 0.29) is 5.91 Å². The largest absolute Gasteiger partial charge is 0.311 e. The lowest BCUT2D eigenvalue weighted by atomic mass is 9.94. The molecule has 0 saturated heterocycles. The van der Waals surface area contributed by atoms with Crippen LogP contribution in [0, 0.1) is 16.7 Å². The van der Waals surface area contributed by atoms with E-state index in [0.717, 1.165) is 5.69 Å². The fourth-order valence-electron chi connectivity index (χ4n) is 1.52. The molecule has 0 N–H and O–H groups in total. The molecular formula is C14H18N2O. The van der Waals surface area contributed by atoms with E-state index < -0.39 is 5.41 Å². The van der Waals surface area contributed by atoms with E-state index in [1.54, 1.807) is 4.90 Å². The first-order valence-electron chi connectivity index (χ1n) is 5.71. The topological polar surface area (TPSA) is 44.1 Å². The van der Waals surface area contributed by atoms with Gasteiger partial charge in [0.2, 0.25) is 5.91 Å². The van der Waals surface area contributed by atoms with Gasteiger partial charge in [0.05, 0.1) is 12.5 Å². The number of nitrogens with zero attached hydrogens (tertiary/aromatic N) is 2. The summed E-state index contributed by atoms with van der Waals surface area (Å²) in [4.78, 5) is 14.0. The molecule has 0 bridgehead atoms. The highest BCUT2D eigenvalue weighted by molar-refractivity contribution is 5.96. The smallest absolute Gasteiger partial charge is 0.232 e. The lowest BCUT2D eigenvalue weighted by Crippen LogP contribution is -2.40. The number of amides is 1. The average Bonchev–Trinajstić information content (AvgIpc) is 2.29. The summed E-state index contributed by atoms with van der Waals surface area (Å²) in [7, 11) is 0. The SMILES string of the molecule is CC(C)(C)C(=O)N(CCC#N)c1ccccc1. The quantitative estimate of drug-likeness (QED) is 0.801. The van der Waals surface area contributed by atoms with Gasteiger partial charge in [-0.2, -0.15) is 5.26 Å². The van der Waals surface area contributed by atoms with Crippen LogP contribution in [0.3, 0.4) is 0 Å². The molecule has 0 radical (unpaired) electrons. The number of para-hydroxylation sites is 1. The van der Waals surface area contributed by atoms with Crippen molar-refractivity contribution < 1.29 is 4.79 Å². The van der Waals surface area contributed by atoms with Crippen LogP contribution in [-0.2, 0) is 4.79 Å². The van der Waals surface area contributed by atoms with E-state index in [2.05, 4.69) is 6.07 Å². The Morgan fingerprint density at radius 2 is 1.88 bits per heavy atom. The maximum absolute atomic E-state index is 12.3. The molecule has 0 aliphatic rings. The molecule has 0 heterocycles. The van der Waals surface area contributed by atoms with Gasteiger partial charge in [-0.1, -0.05) is 39.0 Å². The molecule has 1 aromatic rings. The van der Waals surface area contributed by atoms with Crippen LogP contribution in [0.4, 0.5) is 5.69 Å². The van der Waals surface area contributed by atoms with Crippen molar-refractivity contribution in [2.45, 2.75) is 27.2 Å². The van der Waals surface area contributed by atoms with Gasteiger partial charge in [0, 0.05) is 17.6 Å². The summed E-state index contributed by atoms with van der Waals surface area (Å²) < 4.78 is 0. The Labute approximate surface area is 103 Å². The molecule has 90 valence electrons. The first kappa shape index (κ1) is 13.2. The minimum Gasteiger partial charge on any atom is -0.311 e. The number of carbonyl (C=O) groups excluding carboxylic acids is 1. The van der Waals surface area contributed by atoms with Crippen LogP contribution in [0.25, 0.3) is 0 Å². The van der Waals surface area contributed by atoms with E-state index in [9.17, 15) is 4.79 Å². The van der Waals surface area contributed by atoms with Gasteiger partial charge in [-0.05, 0) is 12.1 Å². The highest BCUT2D eigenvalue weighted by Crippen LogP contribution is 2.23. The molecule has 1 rings (SSSR count). The van der Waals surface area contributed by atoms with Crippen molar-refractivity contribution in [2.24, 2.45) is 5.41 Å². The van der Waals surface area contributed by atoms with Crippen molar-refractivity contribution in [3.05, 3.63) is 30.3 Å². The Morgan fingerprint density at radius 3 is 2.35 bits per heavy atom. The van der Waals surface area contributed by atoms with Crippen molar-refractivity contribution in [2.75, 3.05) is 11.4 Å². The lowest BCUT2D eigenvalue weighted by Gasteiger charge is -2.29. The molecule has 0 aliphatic heterocycles. The van der Waals surface area contributed by atoms with E-state index in [0.29, 0.717) is 13.0 Å². The summed E-state index contributed by atoms with van der Waals surface area (Å²) in [5.74, 6) is 0.0407. The minimum atomic E-state index is -0.439. The Hall–Kier alpha value is -1.82. The number of hydrogen-bond donors (Lipinski definition) is 0. The van der Waals surface area contributed by atoms with E-state index in [4.69, 9.17) is 5.26 Å². The Morgan fingerprint density at radius 1 is 1.29 bits per heavy atom. The standard InChI is InChI=1S/C14H18N2O/c1-14(2,3)13(17)16(11-7-10-15)12-8-5-4-6-9-12/h4-6,8-9H,7,11H2,1-3H3. The Kier molecular flexibility index (Phi) is 4.28. The number of hydrogen-bond acceptors (Lipinski definition) is 2. The van der Waals surface area contributed by atoms with E-state index >= 15 is 0 Å². The van der Waals surface area contributed by atoms with Crippen molar-refractivity contribution in [1.29, 1.82) is 5.26 Å². The second-order valence-electron chi connectivity index (χ2n) is 4.95. The van der Waals surface area contributed by atoms with Gasteiger partial charge in [0.25, 0.3) is 0 Å². The molecule has 3 heteroatoms. The van der Waals surface area contributed by atoms with Crippen LogP contribution in [0.15, 0.2) is 30.3 Å². The van der Waals surface area contributed by atoms with E-state index in [1.807, 2.05) is 51.1 Å². The fourth-order valence-corrected chi connectivity index (χ4v) is 1.52. The average molecular weight is 230 g/mol. The van der Waals surface area contributed by atoms with Crippen molar-refractivity contribution in [3.8, 4) is 6.07 Å². The summed E-state index contributed by atoms with van der Waals surface area (Å²) >= 11 is 0. The molecule has 0 atom stereocenters. The van der Waals surface area contributed by atoms with Crippen LogP contribution in [0.5, 0.6) is 0 Å². The monoisotopic (exact) mass is 230 g/mol. The third-order valence-electron chi connectivity index (χ3n) is 2.40. The number of anilines is 1. The van der Waals surface area contributed by atoms with E-state index in [1.165, 1.54) is 0 Å².